The lowest BCUT2D eigenvalue weighted by molar-refractivity contribution is 0.408. The Kier molecular flexibility index (Phi) is 4.01. The van der Waals surface area contributed by atoms with Gasteiger partial charge in [0.05, 0.1) is 22.7 Å². The maximum Gasteiger partial charge on any atom is 0.343 e. The number of hydrogen-bond acceptors (Lipinski definition) is 8. The number of nitrogen functional groups attached to an aromatic ring is 2. The second-order valence-corrected chi connectivity index (χ2v) is 7.19. The summed E-state index contributed by atoms with van der Waals surface area (Å²) in [7, 11) is 0. The Bertz CT molecular complexity index is 1250. The molecular weight excluding hydrogens is 428 g/mol. The van der Waals surface area contributed by atoms with Crippen LogP contribution >= 0.6 is 15.9 Å². The molecule has 1 aliphatic rings. The molecule has 0 radical (unpaired) electrons. The lowest BCUT2D eigenvalue weighted by Crippen LogP contribution is -2.22. The van der Waals surface area contributed by atoms with Crippen molar-refractivity contribution in [1.29, 1.82) is 5.26 Å². The SMILES string of the molecule is Cc1cc(O)c(C2c3cc(Br)ccc3Oc3nc(N)c(C#N)c(N)c32)c(=O)o1. The van der Waals surface area contributed by atoms with Gasteiger partial charge in [0.2, 0.25) is 5.88 Å². The van der Waals surface area contributed by atoms with E-state index in [-0.39, 0.29) is 45.6 Å². The van der Waals surface area contributed by atoms with Crippen molar-refractivity contribution in [1.82, 2.24) is 4.98 Å². The molecule has 8 nitrogen and oxygen atoms in total. The molecule has 0 spiro atoms. The Morgan fingerprint density at radius 3 is 2.71 bits per heavy atom. The fourth-order valence-electron chi connectivity index (χ4n) is 3.36. The van der Waals surface area contributed by atoms with Crippen molar-refractivity contribution in [3.8, 4) is 23.4 Å². The second-order valence-electron chi connectivity index (χ2n) is 6.28. The molecule has 0 aliphatic carbocycles. The van der Waals surface area contributed by atoms with Gasteiger partial charge in [-0.25, -0.2) is 4.79 Å². The molecule has 9 heteroatoms. The van der Waals surface area contributed by atoms with Crippen LogP contribution in [0.3, 0.4) is 0 Å². The number of rotatable bonds is 1. The number of aromatic hydroxyl groups is 1. The first-order valence-corrected chi connectivity index (χ1v) is 8.91. The molecule has 1 atom stereocenters. The summed E-state index contributed by atoms with van der Waals surface area (Å²) in [5, 5.41) is 20.0. The smallest absolute Gasteiger partial charge is 0.343 e. The zero-order valence-corrected chi connectivity index (χ0v) is 16.1. The summed E-state index contributed by atoms with van der Waals surface area (Å²) in [5.41, 5.74) is 12.1. The number of benzene rings is 1. The van der Waals surface area contributed by atoms with Crippen molar-refractivity contribution in [3.63, 3.8) is 0 Å². The molecule has 3 heterocycles. The first-order valence-electron chi connectivity index (χ1n) is 8.11. The topological polar surface area (TPSA) is 148 Å². The molecule has 0 bridgehead atoms. The Morgan fingerprint density at radius 1 is 1.29 bits per heavy atom. The van der Waals surface area contributed by atoms with Crippen LogP contribution in [0.1, 0.15) is 33.9 Å². The van der Waals surface area contributed by atoms with E-state index in [0.29, 0.717) is 11.3 Å². The summed E-state index contributed by atoms with van der Waals surface area (Å²) < 4.78 is 11.8. The minimum Gasteiger partial charge on any atom is -0.507 e. The zero-order chi connectivity index (χ0) is 20.2. The normalized spacial score (nSPS) is 14.5. The fourth-order valence-corrected chi connectivity index (χ4v) is 3.74. The van der Waals surface area contributed by atoms with Crippen LogP contribution in [0.4, 0.5) is 11.5 Å². The summed E-state index contributed by atoms with van der Waals surface area (Å²) in [6.07, 6.45) is 0. The molecule has 5 N–H and O–H groups in total. The highest BCUT2D eigenvalue weighted by Crippen LogP contribution is 2.51. The zero-order valence-electron chi connectivity index (χ0n) is 14.5. The fraction of sp³-hybridized carbons (Fsp3) is 0.105. The number of fused-ring (bicyclic) bond motifs is 2. The van der Waals surface area contributed by atoms with Gasteiger partial charge in [0.25, 0.3) is 0 Å². The predicted octanol–water partition coefficient (Wildman–Crippen LogP) is 3.13. The van der Waals surface area contributed by atoms with Gasteiger partial charge in [-0.05, 0) is 25.1 Å². The number of hydrogen-bond donors (Lipinski definition) is 3. The molecule has 0 fully saturated rings. The monoisotopic (exact) mass is 440 g/mol. The van der Waals surface area contributed by atoms with Crippen LogP contribution in [0, 0.1) is 18.3 Å². The predicted molar refractivity (Wildman–Crippen MR) is 104 cm³/mol. The van der Waals surface area contributed by atoms with Crippen LogP contribution in [0.5, 0.6) is 17.4 Å². The third-order valence-corrected chi connectivity index (χ3v) is 5.03. The van der Waals surface area contributed by atoms with Crippen molar-refractivity contribution in [2.75, 3.05) is 11.5 Å². The molecular formula is C19H13BrN4O4. The molecule has 0 saturated carbocycles. The van der Waals surface area contributed by atoms with Gasteiger partial charge in [0.15, 0.2) is 0 Å². The summed E-state index contributed by atoms with van der Waals surface area (Å²) in [6.45, 7) is 1.55. The molecule has 0 amide bonds. The maximum absolute atomic E-state index is 12.7. The minimum atomic E-state index is -0.867. The number of ether oxygens (including phenoxy) is 1. The van der Waals surface area contributed by atoms with E-state index < -0.39 is 11.5 Å². The van der Waals surface area contributed by atoms with Crippen LogP contribution in [0.25, 0.3) is 0 Å². The van der Waals surface area contributed by atoms with E-state index in [1.54, 1.807) is 25.1 Å². The highest BCUT2D eigenvalue weighted by Gasteiger charge is 2.37. The number of anilines is 2. The van der Waals surface area contributed by atoms with Crippen molar-refractivity contribution in [2.24, 2.45) is 0 Å². The third kappa shape index (κ3) is 2.58. The van der Waals surface area contributed by atoms with Crippen molar-refractivity contribution in [2.45, 2.75) is 12.8 Å². The molecule has 2 aromatic heterocycles. The number of aromatic nitrogens is 1. The summed E-state index contributed by atoms with van der Waals surface area (Å²) in [5.74, 6) is -0.475. The number of nitrogens with zero attached hydrogens (tertiary/aromatic N) is 2. The van der Waals surface area contributed by atoms with E-state index in [2.05, 4.69) is 20.9 Å². The molecule has 140 valence electrons. The number of nitrogens with two attached hydrogens (primary N) is 2. The van der Waals surface area contributed by atoms with Gasteiger partial charge in [-0.15, -0.1) is 0 Å². The number of pyridine rings is 1. The molecule has 4 rings (SSSR count). The lowest BCUT2D eigenvalue weighted by Gasteiger charge is -2.29. The van der Waals surface area contributed by atoms with Crippen LogP contribution in [0.15, 0.2) is 37.9 Å². The number of nitriles is 1. The Labute approximate surface area is 167 Å². The van der Waals surface area contributed by atoms with Crippen LogP contribution in [-0.4, -0.2) is 10.1 Å². The van der Waals surface area contributed by atoms with E-state index in [4.69, 9.17) is 20.6 Å². The van der Waals surface area contributed by atoms with E-state index in [1.165, 1.54) is 6.07 Å². The van der Waals surface area contributed by atoms with Crippen molar-refractivity contribution < 1.29 is 14.3 Å². The van der Waals surface area contributed by atoms with Crippen molar-refractivity contribution in [3.05, 3.63) is 67.2 Å². The highest BCUT2D eigenvalue weighted by atomic mass is 79.9. The summed E-state index contributed by atoms with van der Waals surface area (Å²) in [6, 6.07) is 8.45. The largest absolute Gasteiger partial charge is 0.507 e. The van der Waals surface area contributed by atoms with Crippen LogP contribution < -0.4 is 21.8 Å². The van der Waals surface area contributed by atoms with Crippen molar-refractivity contribution >= 4 is 27.4 Å². The minimum absolute atomic E-state index is 0.0261. The van der Waals surface area contributed by atoms with Gasteiger partial charge in [0.1, 0.15) is 34.7 Å². The average Bonchev–Trinajstić information content (AvgIpc) is 2.61. The molecule has 3 aromatic rings. The molecule has 0 saturated heterocycles. The average molecular weight is 441 g/mol. The van der Waals surface area contributed by atoms with Gasteiger partial charge in [0, 0.05) is 16.1 Å². The van der Waals surface area contributed by atoms with E-state index in [1.807, 2.05) is 6.07 Å². The van der Waals surface area contributed by atoms with Crippen LogP contribution in [-0.2, 0) is 0 Å². The van der Waals surface area contributed by atoms with Gasteiger partial charge < -0.3 is 25.7 Å². The standard InChI is InChI=1S/C19H13BrN4O4/c1-7-4-11(25)14(19(26)27-7)13-9-5-8(20)2-3-12(9)28-18-15(13)16(22)10(6-21)17(23)24-18/h2-5,13,25H,1H3,(H4,22,23,24). The first-order chi connectivity index (χ1) is 13.3. The van der Waals surface area contributed by atoms with Gasteiger partial charge >= 0.3 is 5.63 Å². The number of halogens is 1. The molecule has 1 aromatic carbocycles. The highest BCUT2D eigenvalue weighted by molar-refractivity contribution is 9.10. The van der Waals surface area contributed by atoms with Crippen LogP contribution in [0.2, 0.25) is 0 Å². The first kappa shape index (κ1) is 17.9. The maximum atomic E-state index is 12.7. The quantitative estimate of drug-likeness (QED) is 0.408. The number of aryl methyl sites for hydroxylation is 1. The van der Waals surface area contributed by atoms with Gasteiger partial charge in [-0.1, -0.05) is 15.9 Å². The Hall–Kier alpha value is -3.51. The summed E-state index contributed by atoms with van der Waals surface area (Å²) >= 11 is 3.40. The van der Waals surface area contributed by atoms with E-state index >= 15 is 0 Å². The summed E-state index contributed by atoms with van der Waals surface area (Å²) in [4.78, 5) is 16.8. The second kappa shape index (κ2) is 6.28. The lowest BCUT2D eigenvalue weighted by atomic mass is 9.82. The molecule has 28 heavy (non-hydrogen) atoms. The van der Waals surface area contributed by atoms with E-state index in [9.17, 15) is 15.2 Å². The third-order valence-electron chi connectivity index (χ3n) is 4.54. The van der Waals surface area contributed by atoms with Gasteiger partial charge in [-0.3, -0.25) is 0 Å². The molecule has 1 aliphatic heterocycles. The Morgan fingerprint density at radius 2 is 2.04 bits per heavy atom. The Balaban J connectivity index is 2.14. The van der Waals surface area contributed by atoms with Gasteiger partial charge in [-0.2, -0.15) is 10.2 Å². The molecule has 1 unspecified atom stereocenters. The van der Waals surface area contributed by atoms with E-state index in [0.717, 1.165) is 4.47 Å².